The van der Waals surface area contributed by atoms with Gasteiger partial charge in [0, 0.05) is 31.9 Å². The summed E-state index contributed by atoms with van der Waals surface area (Å²) in [6.07, 6.45) is 0.957. The average molecular weight is 343 g/mol. The maximum absolute atomic E-state index is 12.1. The summed E-state index contributed by atoms with van der Waals surface area (Å²) < 4.78 is 10.6. The molecule has 0 aromatic heterocycles. The second-order valence-electron chi connectivity index (χ2n) is 5.45. The van der Waals surface area contributed by atoms with Crippen molar-refractivity contribution in [3.63, 3.8) is 0 Å². The van der Waals surface area contributed by atoms with E-state index in [-0.39, 0.29) is 17.9 Å². The predicted octanol–water partition coefficient (Wildman–Crippen LogP) is 2.98. The molecule has 25 heavy (non-hydrogen) atoms. The van der Waals surface area contributed by atoms with Gasteiger partial charge in [-0.05, 0) is 29.8 Å². The molecule has 0 aliphatic rings. The number of methoxy groups -OCH3 is 1. The summed E-state index contributed by atoms with van der Waals surface area (Å²) in [4.78, 5) is 22.9. The zero-order chi connectivity index (χ0) is 18.1. The lowest BCUT2D eigenvalue weighted by molar-refractivity contribution is -0.115. The van der Waals surface area contributed by atoms with E-state index in [0.29, 0.717) is 24.7 Å². The van der Waals surface area contributed by atoms with Crippen LogP contribution in [0.5, 0.6) is 5.75 Å². The summed E-state index contributed by atoms with van der Waals surface area (Å²) in [7, 11) is 1.64. The Bertz CT molecular complexity index is 712. The molecule has 0 fully saturated rings. The molecule has 0 spiro atoms. The van der Waals surface area contributed by atoms with Crippen molar-refractivity contribution in [2.75, 3.05) is 25.6 Å². The van der Waals surface area contributed by atoms with Gasteiger partial charge in [0.2, 0.25) is 5.91 Å². The number of carboxylic acids is 1. The fourth-order valence-corrected chi connectivity index (χ4v) is 2.21. The number of anilines is 1. The predicted molar refractivity (Wildman–Crippen MR) is 94.2 cm³/mol. The number of carboxylic acid groups (broad SMARTS) is 1. The third-order valence-corrected chi connectivity index (χ3v) is 3.44. The lowest BCUT2D eigenvalue weighted by Crippen LogP contribution is -2.14. The van der Waals surface area contributed by atoms with Crippen LogP contribution >= 0.6 is 0 Å². The Balaban J connectivity index is 1.88. The van der Waals surface area contributed by atoms with Gasteiger partial charge in [0.25, 0.3) is 0 Å². The summed E-state index contributed by atoms with van der Waals surface area (Å²) in [5.74, 6) is -0.488. The molecule has 2 aromatic rings. The van der Waals surface area contributed by atoms with E-state index in [9.17, 15) is 9.59 Å². The van der Waals surface area contributed by atoms with E-state index in [2.05, 4.69) is 5.32 Å². The fourth-order valence-electron chi connectivity index (χ4n) is 2.21. The first-order valence-corrected chi connectivity index (χ1v) is 7.92. The normalized spacial score (nSPS) is 10.3. The molecule has 0 saturated carbocycles. The minimum absolute atomic E-state index is 0.165. The van der Waals surface area contributed by atoms with E-state index in [1.807, 2.05) is 12.1 Å². The van der Waals surface area contributed by atoms with Crippen LogP contribution in [-0.4, -0.2) is 37.3 Å². The molecule has 2 rings (SSSR count). The number of hydrogen-bond acceptors (Lipinski definition) is 4. The van der Waals surface area contributed by atoms with Gasteiger partial charge in [-0.3, -0.25) is 4.79 Å². The molecule has 0 saturated heterocycles. The molecule has 132 valence electrons. The highest BCUT2D eigenvalue weighted by Crippen LogP contribution is 2.18. The Morgan fingerprint density at radius 1 is 1.08 bits per heavy atom. The second-order valence-corrected chi connectivity index (χ2v) is 5.45. The zero-order valence-electron chi connectivity index (χ0n) is 14.0. The summed E-state index contributed by atoms with van der Waals surface area (Å²) in [6.45, 7) is 1.18. The zero-order valence-corrected chi connectivity index (χ0v) is 14.0. The quantitative estimate of drug-likeness (QED) is 0.684. The van der Waals surface area contributed by atoms with Crippen LogP contribution in [0.4, 0.5) is 5.69 Å². The first kappa shape index (κ1) is 18.5. The Morgan fingerprint density at radius 3 is 2.52 bits per heavy atom. The molecule has 1 amide bonds. The van der Waals surface area contributed by atoms with Crippen LogP contribution in [-0.2, 0) is 16.0 Å². The number of aromatic carboxylic acids is 1. The highest BCUT2D eigenvalue weighted by atomic mass is 16.5. The van der Waals surface area contributed by atoms with Crippen molar-refractivity contribution >= 4 is 17.6 Å². The number of amides is 1. The Kier molecular flexibility index (Phi) is 6.98. The molecule has 0 unspecified atom stereocenters. The van der Waals surface area contributed by atoms with Crippen molar-refractivity contribution in [2.45, 2.75) is 12.8 Å². The number of hydrogen-bond donors (Lipinski definition) is 2. The van der Waals surface area contributed by atoms with E-state index < -0.39 is 5.97 Å². The number of nitrogens with one attached hydrogen (secondary N) is 1. The molecule has 6 nitrogen and oxygen atoms in total. The van der Waals surface area contributed by atoms with Gasteiger partial charge in [-0.1, -0.05) is 18.2 Å². The van der Waals surface area contributed by atoms with Crippen LogP contribution in [0.3, 0.4) is 0 Å². The van der Waals surface area contributed by atoms with Gasteiger partial charge < -0.3 is 19.9 Å². The van der Waals surface area contributed by atoms with E-state index in [0.717, 1.165) is 12.0 Å². The smallest absolute Gasteiger partial charge is 0.335 e. The molecule has 0 bridgehead atoms. The molecule has 2 aromatic carbocycles. The SMILES string of the molecule is COCCCOc1cccc(NC(=O)Cc2ccc(C(=O)O)cc2)c1. The van der Waals surface area contributed by atoms with Gasteiger partial charge >= 0.3 is 5.97 Å². The fraction of sp³-hybridized carbons (Fsp3) is 0.263. The van der Waals surface area contributed by atoms with Crippen molar-refractivity contribution in [3.05, 3.63) is 59.7 Å². The highest BCUT2D eigenvalue weighted by molar-refractivity contribution is 5.92. The molecule has 2 N–H and O–H groups in total. The van der Waals surface area contributed by atoms with Crippen LogP contribution in [0.2, 0.25) is 0 Å². The lowest BCUT2D eigenvalue weighted by Gasteiger charge is -2.09. The van der Waals surface area contributed by atoms with Crippen molar-refractivity contribution < 1.29 is 24.2 Å². The summed E-state index contributed by atoms with van der Waals surface area (Å²) >= 11 is 0. The van der Waals surface area contributed by atoms with Crippen LogP contribution in [0.15, 0.2) is 48.5 Å². The van der Waals surface area contributed by atoms with Gasteiger partial charge in [0.1, 0.15) is 5.75 Å². The Morgan fingerprint density at radius 2 is 1.84 bits per heavy atom. The molecule has 0 radical (unpaired) electrons. The second kappa shape index (κ2) is 9.44. The molecule has 0 heterocycles. The molecule has 0 aliphatic heterocycles. The first-order valence-electron chi connectivity index (χ1n) is 7.92. The number of rotatable bonds is 9. The van der Waals surface area contributed by atoms with E-state index in [1.165, 1.54) is 12.1 Å². The lowest BCUT2D eigenvalue weighted by atomic mass is 10.1. The molecule has 6 heteroatoms. The largest absolute Gasteiger partial charge is 0.493 e. The van der Waals surface area contributed by atoms with Gasteiger partial charge in [0.15, 0.2) is 0 Å². The first-order chi connectivity index (χ1) is 12.1. The minimum Gasteiger partial charge on any atom is -0.493 e. The topological polar surface area (TPSA) is 84.9 Å². The average Bonchev–Trinajstić information content (AvgIpc) is 2.59. The van der Waals surface area contributed by atoms with Crippen molar-refractivity contribution in [1.82, 2.24) is 0 Å². The Labute approximate surface area is 146 Å². The van der Waals surface area contributed by atoms with E-state index in [1.54, 1.807) is 31.4 Å². The monoisotopic (exact) mass is 343 g/mol. The summed E-state index contributed by atoms with van der Waals surface area (Å²) in [6, 6.07) is 13.4. The third-order valence-electron chi connectivity index (χ3n) is 3.44. The van der Waals surface area contributed by atoms with E-state index >= 15 is 0 Å². The number of benzene rings is 2. The Hall–Kier alpha value is -2.86. The van der Waals surface area contributed by atoms with Crippen LogP contribution in [0.25, 0.3) is 0 Å². The van der Waals surface area contributed by atoms with Crippen LogP contribution < -0.4 is 10.1 Å². The van der Waals surface area contributed by atoms with Crippen molar-refractivity contribution in [2.24, 2.45) is 0 Å². The molecule has 0 aliphatic carbocycles. The minimum atomic E-state index is -0.988. The molecule has 0 atom stereocenters. The molecular formula is C19H21NO5. The number of carbonyl (C=O) groups is 2. The van der Waals surface area contributed by atoms with Crippen LogP contribution in [0, 0.1) is 0 Å². The van der Waals surface area contributed by atoms with Gasteiger partial charge in [-0.2, -0.15) is 0 Å². The standard InChI is InChI=1S/C19H21NO5/c1-24-10-3-11-25-17-5-2-4-16(13-17)20-18(21)12-14-6-8-15(9-7-14)19(22)23/h2,4-9,13H,3,10-12H2,1H3,(H,20,21)(H,22,23). The van der Waals surface area contributed by atoms with Gasteiger partial charge in [0.05, 0.1) is 18.6 Å². The van der Waals surface area contributed by atoms with Gasteiger partial charge in [-0.25, -0.2) is 4.79 Å². The summed E-state index contributed by atoms with van der Waals surface area (Å²) in [5.41, 5.74) is 1.59. The number of carbonyl (C=O) groups excluding carboxylic acids is 1. The summed E-state index contributed by atoms with van der Waals surface area (Å²) in [5, 5.41) is 11.7. The highest BCUT2D eigenvalue weighted by Gasteiger charge is 2.07. The number of ether oxygens (including phenoxy) is 2. The maximum atomic E-state index is 12.1. The van der Waals surface area contributed by atoms with Crippen molar-refractivity contribution in [3.8, 4) is 5.75 Å². The molecular weight excluding hydrogens is 322 g/mol. The van der Waals surface area contributed by atoms with E-state index in [4.69, 9.17) is 14.6 Å². The van der Waals surface area contributed by atoms with Crippen molar-refractivity contribution in [1.29, 1.82) is 0 Å². The van der Waals surface area contributed by atoms with Crippen LogP contribution in [0.1, 0.15) is 22.3 Å². The maximum Gasteiger partial charge on any atom is 0.335 e. The third kappa shape index (κ3) is 6.27. The van der Waals surface area contributed by atoms with Gasteiger partial charge in [-0.15, -0.1) is 0 Å².